The standard InChI is InChI=1S/C18H19N3O3/c1-20-18(24)15(11-21(20)14-8-3-2-4-9-14)17(23)19-16-10-6-5-7-13(16)12-22/h2-10,15,22H,11-12H2,1H3,(H,19,23). The van der Waals surface area contributed by atoms with Crippen LogP contribution in [-0.4, -0.2) is 35.5 Å². The Morgan fingerprint density at radius 3 is 2.54 bits per heavy atom. The molecule has 2 N–H and O–H groups in total. The van der Waals surface area contributed by atoms with Gasteiger partial charge in [-0.15, -0.1) is 0 Å². The molecule has 2 amide bonds. The molecule has 24 heavy (non-hydrogen) atoms. The Kier molecular flexibility index (Phi) is 4.48. The van der Waals surface area contributed by atoms with Crippen LogP contribution in [0.25, 0.3) is 0 Å². The number of carbonyl (C=O) groups is 2. The average Bonchev–Trinajstić information content (AvgIpc) is 2.92. The van der Waals surface area contributed by atoms with Crippen LogP contribution < -0.4 is 10.3 Å². The van der Waals surface area contributed by atoms with Gasteiger partial charge in [0.15, 0.2) is 0 Å². The van der Waals surface area contributed by atoms with E-state index in [0.717, 1.165) is 5.69 Å². The Balaban J connectivity index is 1.77. The number of nitrogens with zero attached hydrogens (tertiary/aromatic N) is 2. The number of nitrogens with one attached hydrogen (secondary N) is 1. The van der Waals surface area contributed by atoms with Crippen molar-refractivity contribution >= 4 is 23.2 Å². The molecule has 124 valence electrons. The van der Waals surface area contributed by atoms with Crippen molar-refractivity contribution in [2.75, 3.05) is 23.9 Å². The van der Waals surface area contributed by atoms with Crippen LogP contribution in [0.3, 0.4) is 0 Å². The molecule has 1 atom stereocenters. The second-order valence-corrected chi connectivity index (χ2v) is 5.64. The van der Waals surface area contributed by atoms with Gasteiger partial charge in [-0.1, -0.05) is 36.4 Å². The first-order valence-corrected chi connectivity index (χ1v) is 7.71. The van der Waals surface area contributed by atoms with Crippen LogP contribution in [0.5, 0.6) is 0 Å². The van der Waals surface area contributed by atoms with Crippen molar-refractivity contribution in [2.45, 2.75) is 6.61 Å². The van der Waals surface area contributed by atoms with E-state index in [0.29, 0.717) is 11.3 Å². The van der Waals surface area contributed by atoms with Gasteiger partial charge in [0.05, 0.1) is 18.8 Å². The van der Waals surface area contributed by atoms with Gasteiger partial charge in [0.1, 0.15) is 5.92 Å². The van der Waals surface area contributed by atoms with Gasteiger partial charge < -0.3 is 10.4 Å². The van der Waals surface area contributed by atoms with E-state index in [9.17, 15) is 14.7 Å². The summed E-state index contributed by atoms with van der Waals surface area (Å²) in [6, 6.07) is 16.5. The SMILES string of the molecule is CN1C(=O)C(C(=O)Nc2ccccc2CO)CN1c1ccccc1. The molecule has 6 nitrogen and oxygen atoms in total. The van der Waals surface area contributed by atoms with E-state index in [1.165, 1.54) is 5.01 Å². The van der Waals surface area contributed by atoms with Crippen LogP contribution >= 0.6 is 0 Å². The van der Waals surface area contributed by atoms with Gasteiger partial charge in [-0.3, -0.25) is 19.6 Å². The molecule has 2 aromatic rings. The Morgan fingerprint density at radius 1 is 1.17 bits per heavy atom. The van der Waals surface area contributed by atoms with Gasteiger partial charge in [-0.25, -0.2) is 0 Å². The summed E-state index contributed by atoms with van der Waals surface area (Å²) >= 11 is 0. The third-order valence-corrected chi connectivity index (χ3v) is 4.15. The van der Waals surface area contributed by atoms with Gasteiger partial charge in [0.25, 0.3) is 5.91 Å². The minimum Gasteiger partial charge on any atom is -0.392 e. The summed E-state index contributed by atoms with van der Waals surface area (Å²) in [6.45, 7) is 0.109. The highest BCUT2D eigenvalue weighted by molar-refractivity contribution is 6.08. The number of rotatable bonds is 4. The van der Waals surface area contributed by atoms with Crippen LogP contribution in [0, 0.1) is 5.92 Å². The van der Waals surface area contributed by atoms with E-state index in [1.807, 2.05) is 30.3 Å². The molecule has 1 aliphatic rings. The first-order valence-electron chi connectivity index (χ1n) is 7.71. The van der Waals surface area contributed by atoms with E-state index in [4.69, 9.17) is 0 Å². The smallest absolute Gasteiger partial charge is 0.255 e. The number of hydrazine groups is 1. The summed E-state index contributed by atoms with van der Waals surface area (Å²) in [5, 5.41) is 15.4. The van der Waals surface area contributed by atoms with Crippen molar-refractivity contribution in [1.82, 2.24) is 5.01 Å². The molecular weight excluding hydrogens is 306 g/mol. The molecule has 0 aromatic heterocycles. The summed E-state index contributed by atoms with van der Waals surface area (Å²) in [5.41, 5.74) is 2.00. The van der Waals surface area contributed by atoms with Gasteiger partial charge >= 0.3 is 0 Å². The number of benzene rings is 2. The van der Waals surface area contributed by atoms with Crippen molar-refractivity contribution in [3.63, 3.8) is 0 Å². The molecule has 0 radical (unpaired) electrons. The number of anilines is 2. The number of aliphatic hydroxyl groups is 1. The number of amides is 2. The van der Waals surface area contributed by atoms with Crippen LogP contribution in [0.2, 0.25) is 0 Å². The average molecular weight is 325 g/mol. The van der Waals surface area contributed by atoms with Crippen LogP contribution in [0.1, 0.15) is 5.56 Å². The normalized spacial score (nSPS) is 17.2. The van der Waals surface area contributed by atoms with E-state index in [1.54, 1.807) is 36.3 Å². The fourth-order valence-electron chi connectivity index (χ4n) is 2.79. The molecular formula is C18H19N3O3. The van der Waals surface area contributed by atoms with Crippen molar-refractivity contribution in [1.29, 1.82) is 0 Å². The van der Waals surface area contributed by atoms with Crippen LogP contribution in [-0.2, 0) is 16.2 Å². The highest BCUT2D eigenvalue weighted by atomic mass is 16.3. The second-order valence-electron chi connectivity index (χ2n) is 5.64. The Labute approximate surface area is 140 Å². The largest absolute Gasteiger partial charge is 0.392 e. The zero-order valence-corrected chi connectivity index (χ0v) is 13.3. The van der Waals surface area contributed by atoms with Gasteiger partial charge in [0.2, 0.25) is 5.91 Å². The van der Waals surface area contributed by atoms with Crippen LogP contribution in [0.4, 0.5) is 11.4 Å². The lowest BCUT2D eigenvalue weighted by molar-refractivity contribution is -0.134. The quantitative estimate of drug-likeness (QED) is 0.838. The lowest BCUT2D eigenvalue weighted by Gasteiger charge is -2.25. The van der Waals surface area contributed by atoms with Crippen molar-refractivity contribution in [2.24, 2.45) is 5.92 Å². The molecule has 0 saturated carbocycles. The molecule has 1 unspecified atom stereocenters. The fourth-order valence-corrected chi connectivity index (χ4v) is 2.79. The summed E-state index contributed by atoms with van der Waals surface area (Å²) in [4.78, 5) is 25.0. The topological polar surface area (TPSA) is 72.9 Å². The number of carbonyl (C=O) groups excluding carboxylic acids is 2. The molecule has 1 aliphatic heterocycles. The molecule has 3 rings (SSSR count). The molecule has 0 spiro atoms. The van der Waals surface area contributed by atoms with E-state index in [2.05, 4.69) is 5.32 Å². The Hall–Kier alpha value is -2.86. The lowest BCUT2D eigenvalue weighted by atomic mass is 10.1. The monoisotopic (exact) mass is 325 g/mol. The molecule has 6 heteroatoms. The minimum atomic E-state index is -0.790. The molecule has 1 heterocycles. The Bertz CT molecular complexity index is 748. The zero-order valence-electron chi connectivity index (χ0n) is 13.3. The maximum absolute atomic E-state index is 12.5. The molecule has 1 saturated heterocycles. The van der Waals surface area contributed by atoms with Crippen LogP contribution in [0.15, 0.2) is 54.6 Å². The zero-order chi connectivity index (χ0) is 17.1. The van der Waals surface area contributed by atoms with E-state index >= 15 is 0 Å². The maximum Gasteiger partial charge on any atom is 0.255 e. The first-order chi connectivity index (χ1) is 11.6. The minimum absolute atomic E-state index is 0.175. The summed E-state index contributed by atoms with van der Waals surface area (Å²) < 4.78 is 0. The third kappa shape index (κ3) is 2.96. The molecule has 0 aliphatic carbocycles. The number of aliphatic hydroxyl groups excluding tert-OH is 1. The number of hydrogen-bond acceptors (Lipinski definition) is 4. The van der Waals surface area contributed by atoms with Gasteiger partial charge in [-0.05, 0) is 18.2 Å². The fraction of sp³-hybridized carbons (Fsp3) is 0.222. The van der Waals surface area contributed by atoms with Gasteiger partial charge in [-0.2, -0.15) is 0 Å². The van der Waals surface area contributed by atoms with E-state index < -0.39 is 5.92 Å². The van der Waals surface area contributed by atoms with Gasteiger partial charge in [0, 0.05) is 18.3 Å². The molecule has 0 bridgehead atoms. The third-order valence-electron chi connectivity index (χ3n) is 4.15. The summed E-state index contributed by atoms with van der Waals surface area (Å²) in [5.74, 6) is -1.41. The first kappa shape index (κ1) is 16.0. The summed E-state index contributed by atoms with van der Waals surface area (Å²) in [7, 11) is 1.66. The van der Waals surface area contributed by atoms with E-state index in [-0.39, 0.29) is 25.0 Å². The highest BCUT2D eigenvalue weighted by Gasteiger charge is 2.40. The molecule has 1 fully saturated rings. The predicted octanol–water partition coefficient (Wildman–Crippen LogP) is 1.63. The lowest BCUT2D eigenvalue weighted by Crippen LogP contribution is -2.35. The van der Waals surface area contributed by atoms with Crippen molar-refractivity contribution in [3.05, 3.63) is 60.2 Å². The highest BCUT2D eigenvalue weighted by Crippen LogP contribution is 2.25. The summed E-state index contributed by atoms with van der Waals surface area (Å²) in [6.07, 6.45) is 0. The number of hydrogen-bond donors (Lipinski definition) is 2. The van der Waals surface area contributed by atoms with Crippen molar-refractivity contribution in [3.8, 4) is 0 Å². The second kappa shape index (κ2) is 6.72. The van der Waals surface area contributed by atoms with Crippen molar-refractivity contribution < 1.29 is 14.7 Å². The number of para-hydroxylation sites is 2. The maximum atomic E-state index is 12.5. The predicted molar refractivity (Wildman–Crippen MR) is 91.0 cm³/mol. The molecule has 2 aromatic carbocycles. The Morgan fingerprint density at radius 2 is 1.83 bits per heavy atom.